The molecule has 0 amide bonds. The van der Waals surface area contributed by atoms with Crippen LogP contribution in [-0.2, 0) is 0 Å². The van der Waals surface area contributed by atoms with Crippen LogP contribution in [0.25, 0.3) is 89.1 Å². The van der Waals surface area contributed by atoms with Crippen LogP contribution in [0.2, 0.25) is 0 Å². The first kappa shape index (κ1) is 28.5. The molecule has 3 aromatic heterocycles. The minimum absolute atomic E-state index is 0.722. The predicted octanol–water partition coefficient (Wildman–Crippen LogP) is 11.2. The number of fused-ring (bicyclic) bond motifs is 3. The first-order chi connectivity index (χ1) is 24.3. The van der Waals surface area contributed by atoms with Crippen molar-refractivity contribution < 1.29 is 4.42 Å². The average Bonchev–Trinajstić information content (AvgIpc) is 3.57. The van der Waals surface area contributed by atoms with E-state index in [0.717, 1.165) is 89.1 Å². The zero-order valence-electron chi connectivity index (χ0n) is 26.4. The molecule has 9 rings (SSSR count). The minimum atomic E-state index is 0.722. The van der Waals surface area contributed by atoms with Crippen LogP contribution < -0.4 is 0 Å². The van der Waals surface area contributed by atoms with Gasteiger partial charge in [-0.05, 0) is 51.7 Å². The predicted molar refractivity (Wildman–Crippen MR) is 198 cm³/mol. The Hall–Kier alpha value is -6.72. The molecule has 9 aromatic rings. The highest BCUT2D eigenvalue weighted by Crippen LogP contribution is 2.50. The first-order valence-electron chi connectivity index (χ1n) is 16.2. The third-order valence-electron chi connectivity index (χ3n) is 9.01. The summed E-state index contributed by atoms with van der Waals surface area (Å²) < 4.78 is 6.49. The molecule has 0 fully saturated rings. The van der Waals surface area contributed by atoms with Gasteiger partial charge in [-0.1, -0.05) is 140 Å². The first-order valence-corrected chi connectivity index (χ1v) is 16.2. The van der Waals surface area contributed by atoms with Gasteiger partial charge < -0.3 is 4.42 Å². The molecule has 0 aliphatic carbocycles. The lowest BCUT2D eigenvalue weighted by molar-refractivity contribution is 0.669. The van der Waals surface area contributed by atoms with E-state index in [2.05, 4.69) is 101 Å². The molecular weight excluding hydrogens is 601 g/mol. The second kappa shape index (κ2) is 12.1. The number of hydrogen-bond donors (Lipinski definition) is 0. The van der Waals surface area contributed by atoms with Crippen molar-refractivity contribution in [3.05, 3.63) is 170 Å². The normalized spacial score (nSPS) is 11.3. The summed E-state index contributed by atoms with van der Waals surface area (Å²) in [7, 11) is 0. The summed E-state index contributed by atoms with van der Waals surface area (Å²) in [5.41, 5.74) is 12.9. The lowest BCUT2D eigenvalue weighted by Crippen LogP contribution is -2.03. The molecule has 0 atom stereocenters. The summed E-state index contributed by atoms with van der Waals surface area (Å²) in [5, 5.41) is 16.1. The Morgan fingerprint density at radius 1 is 0.388 bits per heavy atom. The van der Waals surface area contributed by atoms with Crippen LogP contribution in [0.15, 0.2) is 174 Å². The molecule has 0 bridgehead atoms. The fraction of sp³-hybridized carbons (Fsp3) is 0. The van der Waals surface area contributed by atoms with Gasteiger partial charge in [0.05, 0.1) is 5.69 Å². The van der Waals surface area contributed by atoms with Crippen molar-refractivity contribution >= 4 is 21.9 Å². The van der Waals surface area contributed by atoms with Gasteiger partial charge in [0.25, 0.3) is 0 Å². The maximum absolute atomic E-state index is 6.49. The molecular formula is C44H28N4O. The quantitative estimate of drug-likeness (QED) is 0.183. The Labute approximate surface area is 283 Å². The number of para-hydroxylation sites is 1. The molecule has 0 N–H and O–H groups in total. The maximum atomic E-state index is 6.49. The summed E-state index contributed by atoms with van der Waals surface area (Å²) in [6.07, 6.45) is 1.83. The van der Waals surface area contributed by atoms with Gasteiger partial charge in [0, 0.05) is 44.8 Å². The van der Waals surface area contributed by atoms with Crippen LogP contribution in [-0.4, -0.2) is 20.4 Å². The maximum Gasteiger partial charge on any atom is 0.136 e. The molecule has 230 valence electrons. The van der Waals surface area contributed by atoms with E-state index in [1.54, 1.807) is 0 Å². The van der Waals surface area contributed by atoms with Crippen LogP contribution in [0.3, 0.4) is 0 Å². The zero-order chi connectivity index (χ0) is 32.6. The number of pyridine rings is 1. The van der Waals surface area contributed by atoms with E-state index < -0.39 is 0 Å². The van der Waals surface area contributed by atoms with E-state index in [-0.39, 0.29) is 0 Å². The summed E-state index contributed by atoms with van der Waals surface area (Å²) in [6.45, 7) is 0. The van der Waals surface area contributed by atoms with E-state index in [1.165, 1.54) is 0 Å². The van der Waals surface area contributed by atoms with Gasteiger partial charge in [0.2, 0.25) is 0 Å². The molecule has 0 unspecified atom stereocenters. The Balaban J connectivity index is 1.47. The Morgan fingerprint density at radius 3 is 1.80 bits per heavy atom. The van der Waals surface area contributed by atoms with Crippen molar-refractivity contribution in [2.75, 3.05) is 0 Å². The van der Waals surface area contributed by atoms with Crippen molar-refractivity contribution in [2.45, 2.75) is 0 Å². The molecule has 3 heterocycles. The average molecular weight is 629 g/mol. The number of nitrogens with zero attached hydrogens (tertiary/aromatic N) is 4. The van der Waals surface area contributed by atoms with Crippen LogP contribution in [0, 0.1) is 0 Å². The summed E-state index contributed by atoms with van der Waals surface area (Å²) >= 11 is 0. The van der Waals surface area contributed by atoms with Gasteiger partial charge in [0.1, 0.15) is 22.6 Å². The summed E-state index contributed by atoms with van der Waals surface area (Å²) in [6, 6.07) is 56.0. The van der Waals surface area contributed by atoms with Gasteiger partial charge in [-0.15, -0.1) is 10.2 Å². The minimum Gasteiger partial charge on any atom is -0.456 e. The molecule has 0 saturated heterocycles. The van der Waals surface area contributed by atoms with Gasteiger partial charge in [-0.2, -0.15) is 0 Å². The van der Waals surface area contributed by atoms with E-state index in [9.17, 15) is 0 Å². The second-order valence-electron chi connectivity index (χ2n) is 11.9. The molecule has 0 aliphatic heterocycles. The van der Waals surface area contributed by atoms with Gasteiger partial charge in [0.15, 0.2) is 0 Å². The van der Waals surface area contributed by atoms with Crippen LogP contribution in [0.4, 0.5) is 0 Å². The highest BCUT2D eigenvalue weighted by atomic mass is 16.3. The highest BCUT2D eigenvalue weighted by molar-refractivity contribution is 6.18. The van der Waals surface area contributed by atoms with Crippen molar-refractivity contribution in [2.24, 2.45) is 0 Å². The molecule has 0 radical (unpaired) electrons. The third-order valence-corrected chi connectivity index (χ3v) is 9.01. The Bertz CT molecular complexity index is 2580. The van der Waals surface area contributed by atoms with Gasteiger partial charge >= 0.3 is 0 Å². The van der Waals surface area contributed by atoms with Crippen LogP contribution in [0.5, 0.6) is 0 Å². The van der Waals surface area contributed by atoms with Crippen molar-refractivity contribution in [3.63, 3.8) is 0 Å². The van der Waals surface area contributed by atoms with Gasteiger partial charge in [-0.25, -0.2) is 0 Å². The van der Waals surface area contributed by atoms with Crippen molar-refractivity contribution in [3.8, 4) is 67.2 Å². The van der Waals surface area contributed by atoms with E-state index in [1.807, 2.05) is 79.0 Å². The standard InChI is InChI=1S/C44H28N4O/c1-4-15-29(16-5-1)32-26-27-38-42(34-21-10-11-25-37(34)49-38)40(32)35-23-14-22-33(36-24-12-13-28-45-36)41(35)44-39(30-17-6-2-7-18-30)43(46-48-47-44)31-19-8-3-9-20-31/h1-28H. The topological polar surface area (TPSA) is 64.7 Å². The molecule has 0 spiro atoms. The fourth-order valence-electron chi connectivity index (χ4n) is 6.88. The van der Waals surface area contributed by atoms with Crippen LogP contribution in [0.1, 0.15) is 0 Å². The van der Waals surface area contributed by atoms with Crippen LogP contribution >= 0.6 is 0 Å². The highest BCUT2D eigenvalue weighted by Gasteiger charge is 2.27. The fourth-order valence-corrected chi connectivity index (χ4v) is 6.88. The zero-order valence-corrected chi connectivity index (χ0v) is 26.4. The number of rotatable bonds is 6. The monoisotopic (exact) mass is 628 g/mol. The molecule has 0 saturated carbocycles. The largest absolute Gasteiger partial charge is 0.456 e. The number of benzene rings is 6. The smallest absolute Gasteiger partial charge is 0.136 e. The molecule has 0 aliphatic rings. The molecule has 49 heavy (non-hydrogen) atoms. The SMILES string of the molecule is c1ccc(-c2ccc3oc4ccccc4c3c2-c2cccc(-c3ccccn3)c2-c2nnnc(-c3ccccc3)c2-c2ccccc2)cc1. The lowest BCUT2D eigenvalue weighted by Gasteiger charge is -2.21. The number of hydrogen-bond acceptors (Lipinski definition) is 5. The molecule has 6 aromatic carbocycles. The molecule has 5 nitrogen and oxygen atoms in total. The Morgan fingerprint density at radius 2 is 1.04 bits per heavy atom. The summed E-state index contributed by atoms with van der Waals surface area (Å²) in [4.78, 5) is 4.85. The summed E-state index contributed by atoms with van der Waals surface area (Å²) in [5.74, 6) is 0. The van der Waals surface area contributed by atoms with E-state index in [0.29, 0.717) is 0 Å². The van der Waals surface area contributed by atoms with E-state index in [4.69, 9.17) is 14.5 Å². The second-order valence-corrected chi connectivity index (χ2v) is 11.9. The van der Waals surface area contributed by atoms with Crippen molar-refractivity contribution in [1.82, 2.24) is 20.4 Å². The third kappa shape index (κ3) is 4.96. The number of furan rings is 1. The van der Waals surface area contributed by atoms with Gasteiger partial charge in [-0.3, -0.25) is 4.98 Å². The Kier molecular flexibility index (Phi) is 7.06. The van der Waals surface area contributed by atoms with Crippen molar-refractivity contribution in [1.29, 1.82) is 0 Å². The number of aromatic nitrogens is 4. The lowest BCUT2D eigenvalue weighted by atomic mass is 9.83. The molecule has 5 heteroatoms. The van der Waals surface area contributed by atoms with E-state index >= 15 is 0 Å².